The average Bonchev–Trinajstić information content (AvgIpc) is 3.50. The highest BCUT2D eigenvalue weighted by Crippen LogP contribution is 2.39. The van der Waals surface area contributed by atoms with Gasteiger partial charge in [-0.2, -0.15) is 0 Å². The number of carbonyl (C=O) groups is 1. The average molecular weight is 371 g/mol. The van der Waals surface area contributed by atoms with Crippen LogP contribution < -0.4 is 0 Å². The second-order valence-corrected chi connectivity index (χ2v) is 6.82. The van der Waals surface area contributed by atoms with E-state index in [1.54, 1.807) is 24.7 Å². The molecule has 0 spiro atoms. The van der Waals surface area contributed by atoms with E-state index in [9.17, 15) is 4.79 Å². The summed E-state index contributed by atoms with van der Waals surface area (Å²) in [6.45, 7) is 0.0554. The van der Waals surface area contributed by atoms with Gasteiger partial charge in [0.15, 0.2) is 18.3 Å². The molecule has 138 valence electrons. The first-order chi connectivity index (χ1) is 13.8. The molecule has 0 N–H and O–H groups in total. The smallest absolute Gasteiger partial charge is 0.339 e. The van der Waals surface area contributed by atoms with E-state index >= 15 is 0 Å². The fourth-order valence-corrected chi connectivity index (χ4v) is 3.14. The third-order valence-corrected chi connectivity index (χ3v) is 4.76. The number of rotatable bonds is 5. The Kier molecular flexibility index (Phi) is 4.09. The number of esters is 1. The third kappa shape index (κ3) is 3.24. The van der Waals surface area contributed by atoms with Crippen LogP contribution in [0, 0.1) is 0 Å². The Morgan fingerprint density at radius 2 is 1.96 bits per heavy atom. The molecule has 0 unspecified atom stereocenters. The maximum absolute atomic E-state index is 12.8. The molecule has 28 heavy (non-hydrogen) atoms. The minimum atomic E-state index is -0.418. The lowest BCUT2D eigenvalue weighted by atomic mass is 10.0. The minimum absolute atomic E-state index is 0.0554. The van der Waals surface area contributed by atoms with Gasteiger partial charge in [0.05, 0.1) is 23.0 Å². The van der Waals surface area contributed by atoms with Gasteiger partial charge >= 0.3 is 5.97 Å². The first-order valence-corrected chi connectivity index (χ1v) is 9.20. The predicted octanol–water partition coefficient (Wildman–Crippen LogP) is 4.52. The highest BCUT2D eigenvalue weighted by atomic mass is 16.5. The molecule has 0 saturated heterocycles. The molecule has 3 aromatic heterocycles. The van der Waals surface area contributed by atoms with Gasteiger partial charge in [-0.3, -0.25) is 4.98 Å². The first kappa shape index (κ1) is 16.6. The van der Waals surface area contributed by atoms with E-state index in [2.05, 4.69) is 15.0 Å². The Hall–Kier alpha value is -3.54. The summed E-state index contributed by atoms with van der Waals surface area (Å²) in [6.07, 6.45) is 7.26. The number of pyridine rings is 2. The van der Waals surface area contributed by atoms with Crippen molar-refractivity contribution in [3.63, 3.8) is 0 Å². The third-order valence-electron chi connectivity index (χ3n) is 4.76. The zero-order chi connectivity index (χ0) is 18.9. The van der Waals surface area contributed by atoms with Crippen LogP contribution in [0.1, 0.15) is 40.8 Å². The molecule has 1 fully saturated rings. The van der Waals surface area contributed by atoms with Gasteiger partial charge in [0.1, 0.15) is 0 Å². The van der Waals surface area contributed by atoms with Crippen LogP contribution in [0.25, 0.3) is 22.2 Å². The molecule has 3 heterocycles. The van der Waals surface area contributed by atoms with Crippen LogP contribution in [0.2, 0.25) is 0 Å². The van der Waals surface area contributed by atoms with Gasteiger partial charge in [-0.1, -0.05) is 18.2 Å². The van der Waals surface area contributed by atoms with Crippen molar-refractivity contribution in [3.05, 3.63) is 78.3 Å². The number of para-hydroxylation sites is 1. The quantitative estimate of drug-likeness (QED) is 0.480. The highest BCUT2D eigenvalue weighted by molar-refractivity contribution is 6.04. The molecule has 6 heteroatoms. The van der Waals surface area contributed by atoms with E-state index in [0.717, 1.165) is 35.2 Å². The molecule has 1 aliphatic rings. The van der Waals surface area contributed by atoms with E-state index in [4.69, 9.17) is 9.15 Å². The topological polar surface area (TPSA) is 78.1 Å². The van der Waals surface area contributed by atoms with Crippen LogP contribution in [-0.2, 0) is 11.3 Å². The normalized spacial score (nSPS) is 13.6. The SMILES string of the molecule is O=C(OCc1cnc(C2CC2)o1)c1cc(-c2ccncc2)nc2ccccc12. The molecule has 6 nitrogen and oxygen atoms in total. The van der Waals surface area contributed by atoms with Gasteiger partial charge in [0, 0.05) is 29.3 Å². The number of hydrogen-bond donors (Lipinski definition) is 0. The van der Waals surface area contributed by atoms with Crippen molar-refractivity contribution >= 4 is 16.9 Å². The highest BCUT2D eigenvalue weighted by Gasteiger charge is 2.28. The van der Waals surface area contributed by atoms with E-state index in [1.165, 1.54) is 0 Å². The number of fused-ring (bicyclic) bond motifs is 1. The van der Waals surface area contributed by atoms with Gasteiger partial charge in [0.2, 0.25) is 0 Å². The van der Waals surface area contributed by atoms with Crippen LogP contribution in [0.5, 0.6) is 0 Å². The van der Waals surface area contributed by atoms with E-state index in [0.29, 0.717) is 22.9 Å². The number of aromatic nitrogens is 3. The molecular weight excluding hydrogens is 354 g/mol. The number of ether oxygens (including phenoxy) is 1. The van der Waals surface area contributed by atoms with Crippen LogP contribution >= 0.6 is 0 Å². The number of carbonyl (C=O) groups excluding carboxylic acids is 1. The van der Waals surface area contributed by atoms with Gasteiger partial charge < -0.3 is 9.15 Å². The molecule has 1 saturated carbocycles. The van der Waals surface area contributed by atoms with Crippen LogP contribution in [0.3, 0.4) is 0 Å². The Labute approximate surface area is 161 Å². The Bertz CT molecular complexity index is 1150. The van der Waals surface area contributed by atoms with Crippen LogP contribution in [-0.4, -0.2) is 20.9 Å². The zero-order valence-corrected chi connectivity index (χ0v) is 15.0. The summed E-state index contributed by atoms with van der Waals surface area (Å²) in [6, 6.07) is 13.0. The lowest BCUT2D eigenvalue weighted by Gasteiger charge is -2.09. The van der Waals surface area contributed by atoms with Gasteiger partial charge in [0.25, 0.3) is 0 Å². The monoisotopic (exact) mass is 371 g/mol. The van der Waals surface area contributed by atoms with E-state index in [-0.39, 0.29) is 6.61 Å². The van der Waals surface area contributed by atoms with Crippen molar-refractivity contribution < 1.29 is 13.9 Å². The number of oxazole rings is 1. The summed E-state index contributed by atoms with van der Waals surface area (Å²) in [7, 11) is 0. The minimum Gasteiger partial charge on any atom is -0.454 e. The summed E-state index contributed by atoms with van der Waals surface area (Å²) in [5, 5.41) is 0.751. The lowest BCUT2D eigenvalue weighted by molar-refractivity contribution is 0.0446. The second kappa shape index (κ2) is 6.88. The van der Waals surface area contributed by atoms with Gasteiger partial charge in [-0.25, -0.2) is 14.8 Å². The molecule has 1 aliphatic carbocycles. The lowest BCUT2D eigenvalue weighted by Crippen LogP contribution is -2.07. The molecule has 0 radical (unpaired) electrons. The summed E-state index contributed by atoms with van der Waals surface area (Å²) in [5.74, 6) is 1.30. The molecule has 1 aromatic carbocycles. The first-order valence-electron chi connectivity index (χ1n) is 9.20. The van der Waals surface area contributed by atoms with Gasteiger partial charge in [-0.05, 0) is 37.1 Å². The summed E-state index contributed by atoms with van der Waals surface area (Å²) >= 11 is 0. The van der Waals surface area contributed by atoms with Crippen molar-refractivity contribution in [2.45, 2.75) is 25.4 Å². The predicted molar refractivity (Wildman–Crippen MR) is 103 cm³/mol. The molecule has 0 amide bonds. The molecule has 4 aromatic rings. The molecular formula is C22H17N3O3. The van der Waals surface area contributed by atoms with E-state index < -0.39 is 5.97 Å². The molecule has 0 bridgehead atoms. The Morgan fingerprint density at radius 1 is 1.14 bits per heavy atom. The zero-order valence-electron chi connectivity index (χ0n) is 15.0. The van der Waals surface area contributed by atoms with Crippen molar-refractivity contribution in [3.8, 4) is 11.3 Å². The summed E-state index contributed by atoms with van der Waals surface area (Å²) < 4.78 is 11.2. The maximum Gasteiger partial charge on any atom is 0.339 e. The van der Waals surface area contributed by atoms with Crippen molar-refractivity contribution in [2.75, 3.05) is 0 Å². The van der Waals surface area contributed by atoms with Crippen molar-refractivity contribution in [1.82, 2.24) is 15.0 Å². The molecule has 0 aliphatic heterocycles. The standard InChI is InChI=1S/C22H17N3O3/c26-22(27-13-16-12-24-21(28-16)15-5-6-15)18-11-20(14-7-9-23-10-8-14)25-19-4-2-1-3-17(18)19/h1-4,7-12,15H,5-6,13H2. The van der Waals surface area contributed by atoms with Gasteiger partial charge in [-0.15, -0.1) is 0 Å². The van der Waals surface area contributed by atoms with Crippen molar-refractivity contribution in [1.29, 1.82) is 0 Å². The fraction of sp³-hybridized carbons (Fsp3) is 0.182. The number of hydrogen-bond acceptors (Lipinski definition) is 6. The molecule has 0 atom stereocenters. The maximum atomic E-state index is 12.8. The Balaban J connectivity index is 1.45. The number of nitrogens with zero attached hydrogens (tertiary/aromatic N) is 3. The Morgan fingerprint density at radius 3 is 2.79 bits per heavy atom. The van der Waals surface area contributed by atoms with Crippen molar-refractivity contribution in [2.24, 2.45) is 0 Å². The summed E-state index contributed by atoms with van der Waals surface area (Å²) in [5.41, 5.74) is 2.79. The molecule has 5 rings (SSSR count). The van der Waals surface area contributed by atoms with Crippen LogP contribution in [0.4, 0.5) is 0 Å². The fourth-order valence-electron chi connectivity index (χ4n) is 3.14. The largest absolute Gasteiger partial charge is 0.454 e. The van der Waals surface area contributed by atoms with Crippen LogP contribution in [0.15, 0.2) is 65.5 Å². The second-order valence-electron chi connectivity index (χ2n) is 6.82. The van der Waals surface area contributed by atoms with E-state index in [1.807, 2.05) is 36.4 Å². The summed E-state index contributed by atoms with van der Waals surface area (Å²) in [4.78, 5) is 25.8. The number of benzene rings is 1.